The zero-order valence-corrected chi connectivity index (χ0v) is 9.49. The second-order valence-corrected chi connectivity index (χ2v) is 3.61. The first-order chi connectivity index (χ1) is 7.61. The number of hydrogen-bond acceptors (Lipinski definition) is 4. The summed E-state index contributed by atoms with van der Waals surface area (Å²) in [6, 6.07) is 1.48. The zero-order valence-electron chi connectivity index (χ0n) is 9.49. The third kappa shape index (κ3) is 2.45. The van der Waals surface area contributed by atoms with Crippen LogP contribution >= 0.6 is 0 Å². The summed E-state index contributed by atoms with van der Waals surface area (Å²) in [4.78, 5) is 10.2. The van der Waals surface area contributed by atoms with Crippen molar-refractivity contribution < 1.29 is 19.7 Å². The number of benzene rings is 1. The maximum absolute atomic E-state index is 10.2. The highest BCUT2D eigenvalue weighted by Gasteiger charge is 2.14. The molecule has 0 heterocycles. The topological polar surface area (TPSA) is 66.8 Å². The normalized spacial score (nSPS) is 10.1. The summed E-state index contributed by atoms with van der Waals surface area (Å²) in [5.74, 6) is 0.503. The lowest BCUT2D eigenvalue weighted by atomic mass is 10.0. The predicted octanol–water partition coefficient (Wildman–Crippen LogP) is 1.94. The number of phenols is 2. The van der Waals surface area contributed by atoms with E-state index >= 15 is 0 Å². The Balaban J connectivity index is 3.00. The van der Waals surface area contributed by atoms with Crippen molar-refractivity contribution in [2.45, 2.75) is 26.2 Å². The Morgan fingerprint density at radius 3 is 2.69 bits per heavy atom. The van der Waals surface area contributed by atoms with Crippen molar-refractivity contribution in [3.63, 3.8) is 0 Å². The Bertz CT molecular complexity index is 385. The molecular weight excluding hydrogens is 208 g/mol. The highest BCUT2D eigenvalue weighted by molar-refractivity contribution is 5.56. The average molecular weight is 224 g/mol. The van der Waals surface area contributed by atoms with Crippen LogP contribution in [-0.2, 0) is 11.2 Å². The molecule has 0 aliphatic rings. The predicted molar refractivity (Wildman–Crippen MR) is 60.1 cm³/mol. The number of aldehydes is 1. The minimum absolute atomic E-state index is 0.00542. The molecule has 0 bridgehead atoms. The van der Waals surface area contributed by atoms with Gasteiger partial charge in [-0.2, -0.15) is 0 Å². The van der Waals surface area contributed by atoms with Crippen molar-refractivity contribution in [2.75, 3.05) is 7.11 Å². The van der Waals surface area contributed by atoms with Crippen LogP contribution in [0.2, 0.25) is 0 Å². The summed E-state index contributed by atoms with van der Waals surface area (Å²) in [7, 11) is 1.48. The molecule has 0 saturated carbocycles. The standard InChI is InChI=1S/C12H16O4/c1-8-11(16-2)7-10(14)9(12(8)15)5-3-4-6-13/h6-7,14-15H,3-5H2,1-2H3. The molecule has 0 amide bonds. The van der Waals surface area contributed by atoms with Crippen molar-refractivity contribution >= 4 is 6.29 Å². The smallest absolute Gasteiger partial charge is 0.129 e. The summed E-state index contributed by atoms with van der Waals surface area (Å²) in [5.41, 5.74) is 1.07. The maximum atomic E-state index is 10.2. The summed E-state index contributed by atoms with van der Waals surface area (Å²) < 4.78 is 5.01. The fourth-order valence-corrected chi connectivity index (χ4v) is 1.60. The number of aromatic hydroxyl groups is 2. The molecule has 4 heteroatoms. The molecule has 0 aromatic heterocycles. The number of phenolic OH excluding ortho intramolecular Hbond substituents is 2. The van der Waals surface area contributed by atoms with Gasteiger partial charge in [0.15, 0.2) is 0 Å². The average Bonchev–Trinajstić information content (AvgIpc) is 2.28. The molecule has 0 radical (unpaired) electrons. The second kappa shape index (κ2) is 5.39. The van der Waals surface area contributed by atoms with Gasteiger partial charge < -0.3 is 19.7 Å². The van der Waals surface area contributed by atoms with Gasteiger partial charge in [-0.05, 0) is 19.8 Å². The molecule has 1 rings (SSSR count). The summed E-state index contributed by atoms with van der Waals surface area (Å²) in [6.07, 6.45) is 2.33. The fourth-order valence-electron chi connectivity index (χ4n) is 1.60. The van der Waals surface area contributed by atoms with Crippen LogP contribution in [0.3, 0.4) is 0 Å². The molecule has 0 atom stereocenters. The first-order valence-corrected chi connectivity index (χ1v) is 5.13. The van der Waals surface area contributed by atoms with E-state index in [9.17, 15) is 15.0 Å². The van der Waals surface area contributed by atoms with Crippen LogP contribution in [-0.4, -0.2) is 23.6 Å². The van der Waals surface area contributed by atoms with E-state index in [1.54, 1.807) is 6.92 Å². The van der Waals surface area contributed by atoms with E-state index < -0.39 is 0 Å². The van der Waals surface area contributed by atoms with Crippen molar-refractivity contribution in [1.82, 2.24) is 0 Å². The van der Waals surface area contributed by atoms with E-state index in [0.29, 0.717) is 36.1 Å². The van der Waals surface area contributed by atoms with Crippen LogP contribution in [0.5, 0.6) is 17.2 Å². The Morgan fingerprint density at radius 2 is 2.12 bits per heavy atom. The molecule has 0 saturated heterocycles. The number of ether oxygens (including phenoxy) is 1. The van der Waals surface area contributed by atoms with E-state index in [0.717, 1.165) is 6.29 Å². The largest absolute Gasteiger partial charge is 0.507 e. The Morgan fingerprint density at radius 1 is 1.44 bits per heavy atom. The van der Waals surface area contributed by atoms with Crippen LogP contribution in [0.25, 0.3) is 0 Å². The molecule has 2 N–H and O–H groups in total. The molecule has 0 unspecified atom stereocenters. The maximum Gasteiger partial charge on any atom is 0.129 e. The third-order valence-corrected chi connectivity index (χ3v) is 2.56. The van der Waals surface area contributed by atoms with Crippen molar-refractivity contribution in [1.29, 1.82) is 0 Å². The quantitative estimate of drug-likeness (QED) is 0.592. The summed E-state index contributed by atoms with van der Waals surface area (Å²) in [5, 5.41) is 19.6. The van der Waals surface area contributed by atoms with Crippen LogP contribution in [0.1, 0.15) is 24.0 Å². The van der Waals surface area contributed by atoms with Gasteiger partial charge in [0.1, 0.15) is 23.5 Å². The minimum Gasteiger partial charge on any atom is -0.507 e. The molecule has 1 aromatic rings. The molecular formula is C12H16O4. The van der Waals surface area contributed by atoms with Gasteiger partial charge in [-0.25, -0.2) is 0 Å². The zero-order chi connectivity index (χ0) is 12.1. The molecule has 0 aliphatic carbocycles. The highest BCUT2D eigenvalue weighted by atomic mass is 16.5. The Hall–Kier alpha value is -1.71. The number of methoxy groups -OCH3 is 1. The van der Waals surface area contributed by atoms with Gasteiger partial charge in [0.2, 0.25) is 0 Å². The lowest BCUT2D eigenvalue weighted by Crippen LogP contribution is -1.94. The van der Waals surface area contributed by atoms with Gasteiger partial charge in [0.05, 0.1) is 7.11 Å². The second-order valence-electron chi connectivity index (χ2n) is 3.61. The molecule has 0 fully saturated rings. The molecule has 1 aromatic carbocycles. The Labute approximate surface area is 94.5 Å². The number of carbonyl (C=O) groups is 1. The molecule has 4 nitrogen and oxygen atoms in total. The van der Waals surface area contributed by atoms with E-state index in [1.165, 1.54) is 13.2 Å². The van der Waals surface area contributed by atoms with Gasteiger partial charge in [0, 0.05) is 23.6 Å². The van der Waals surface area contributed by atoms with Gasteiger partial charge in [-0.15, -0.1) is 0 Å². The van der Waals surface area contributed by atoms with Crippen molar-refractivity contribution in [3.8, 4) is 17.2 Å². The van der Waals surface area contributed by atoms with Crippen molar-refractivity contribution in [2.24, 2.45) is 0 Å². The van der Waals surface area contributed by atoms with Gasteiger partial charge >= 0.3 is 0 Å². The fraction of sp³-hybridized carbons (Fsp3) is 0.417. The monoisotopic (exact) mass is 224 g/mol. The number of rotatable bonds is 5. The van der Waals surface area contributed by atoms with Crippen LogP contribution in [0.4, 0.5) is 0 Å². The minimum atomic E-state index is 0.00542. The number of hydrogen-bond donors (Lipinski definition) is 2. The number of carbonyl (C=O) groups excluding carboxylic acids is 1. The van der Waals surface area contributed by atoms with Crippen molar-refractivity contribution in [3.05, 3.63) is 17.2 Å². The summed E-state index contributed by atoms with van der Waals surface area (Å²) >= 11 is 0. The highest BCUT2D eigenvalue weighted by Crippen LogP contribution is 2.37. The summed E-state index contributed by atoms with van der Waals surface area (Å²) in [6.45, 7) is 1.72. The van der Waals surface area contributed by atoms with Gasteiger partial charge in [-0.3, -0.25) is 0 Å². The molecule has 0 spiro atoms. The lowest BCUT2D eigenvalue weighted by Gasteiger charge is -2.12. The Kier molecular flexibility index (Phi) is 4.17. The first kappa shape index (κ1) is 12.4. The molecule has 16 heavy (non-hydrogen) atoms. The number of unbranched alkanes of at least 4 members (excludes halogenated alkanes) is 1. The third-order valence-electron chi connectivity index (χ3n) is 2.56. The molecule has 0 aliphatic heterocycles. The molecule has 88 valence electrons. The van der Waals surface area contributed by atoms with E-state index in [4.69, 9.17) is 4.74 Å². The first-order valence-electron chi connectivity index (χ1n) is 5.13. The SMILES string of the molecule is COc1cc(O)c(CCCC=O)c(O)c1C. The van der Waals surface area contributed by atoms with Crippen LogP contribution < -0.4 is 4.74 Å². The van der Waals surface area contributed by atoms with E-state index in [-0.39, 0.29) is 11.5 Å². The lowest BCUT2D eigenvalue weighted by molar-refractivity contribution is -0.107. The van der Waals surface area contributed by atoms with Crippen LogP contribution in [0, 0.1) is 6.92 Å². The van der Waals surface area contributed by atoms with Gasteiger partial charge in [0.25, 0.3) is 0 Å². The van der Waals surface area contributed by atoms with Gasteiger partial charge in [-0.1, -0.05) is 0 Å². The van der Waals surface area contributed by atoms with Crippen LogP contribution in [0.15, 0.2) is 6.07 Å². The van der Waals surface area contributed by atoms with E-state index in [2.05, 4.69) is 0 Å². The van der Waals surface area contributed by atoms with E-state index in [1.807, 2.05) is 0 Å².